The molecule has 0 spiro atoms. The standard InChI is InChI=1S/C21H34O2/c1-4-5-6-7-13-21(2,3)17-11-12-19(20(23)15-17)16-9-8-10-18(22)14-16/h11-12,15-16,18,22-23H,4-10,13-14H2,1-3H3/t16-,18+/m1/s1. The van der Waals surface area contributed by atoms with Gasteiger partial charge in [0, 0.05) is 0 Å². The quantitative estimate of drug-likeness (QED) is 0.637. The molecule has 2 nitrogen and oxygen atoms in total. The van der Waals surface area contributed by atoms with E-state index < -0.39 is 0 Å². The maximum atomic E-state index is 10.5. The van der Waals surface area contributed by atoms with Gasteiger partial charge in [0.15, 0.2) is 0 Å². The van der Waals surface area contributed by atoms with Gasteiger partial charge in [-0.15, -0.1) is 0 Å². The molecule has 1 aromatic carbocycles. The fourth-order valence-electron chi connectivity index (χ4n) is 3.89. The lowest BCUT2D eigenvalue weighted by atomic mass is 9.77. The summed E-state index contributed by atoms with van der Waals surface area (Å²) < 4.78 is 0. The molecule has 1 saturated carbocycles. The minimum Gasteiger partial charge on any atom is -0.508 e. The Morgan fingerprint density at radius 1 is 1.13 bits per heavy atom. The van der Waals surface area contributed by atoms with Crippen LogP contribution in [-0.2, 0) is 5.41 Å². The van der Waals surface area contributed by atoms with Crippen molar-refractivity contribution in [2.24, 2.45) is 0 Å². The van der Waals surface area contributed by atoms with Crippen LogP contribution in [0.4, 0.5) is 0 Å². The molecule has 0 radical (unpaired) electrons. The van der Waals surface area contributed by atoms with E-state index in [4.69, 9.17) is 0 Å². The molecule has 1 aliphatic carbocycles. The van der Waals surface area contributed by atoms with Gasteiger partial charge in [-0.25, -0.2) is 0 Å². The number of phenols is 1. The molecule has 23 heavy (non-hydrogen) atoms. The number of hydrogen-bond donors (Lipinski definition) is 2. The summed E-state index contributed by atoms with van der Waals surface area (Å²) in [5.41, 5.74) is 2.36. The number of hydrogen-bond acceptors (Lipinski definition) is 2. The van der Waals surface area contributed by atoms with Crippen molar-refractivity contribution in [1.82, 2.24) is 0 Å². The first-order chi connectivity index (χ1) is 10.9. The van der Waals surface area contributed by atoms with Crippen LogP contribution in [0, 0.1) is 0 Å². The molecule has 0 bridgehead atoms. The Morgan fingerprint density at radius 3 is 2.57 bits per heavy atom. The molecule has 2 N–H and O–H groups in total. The average Bonchev–Trinajstić information content (AvgIpc) is 2.51. The zero-order chi connectivity index (χ0) is 16.9. The van der Waals surface area contributed by atoms with Gasteiger partial charge in [0.25, 0.3) is 0 Å². The second-order valence-corrected chi connectivity index (χ2v) is 7.99. The Hall–Kier alpha value is -1.02. The van der Waals surface area contributed by atoms with Crippen molar-refractivity contribution < 1.29 is 10.2 Å². The molecule has 0 aliphatic heterocycles. The molecule has 2 rings (SSSR count). The van der Waals surface area contributed by atoms with Crippen molar-refractivity contribution in [2.45, 2.75) is 96.0 Å². The van der Waals surface area contributed by atoms with Gasteiger partial charge < -0.3 is 10.2 Å². The zero-order valence-corrected chi connectivity index (χ0v) is 15.1. The van der Waals surface area contributed by atoms with Crippen molar-refractivity contribution in [2.75, 3.05) is 0 Å². The van der Waals surface area contributed by atoms with Gasteiger partial charge in [0.1, 0.15) is 5.75 Å². The lowest BCUT2D eigenvalue weighted by molar-refractivity contribution is 0.119. The minimum atomic E-state index is -0.206. The first-order valence-electron chi connectivity index (χ1n) is 9.45. The number of unbranched alkanes of at least 4 members (excludes halogenated alkanes) is 3. The molecule has 0 heterocycles. The third-order valence-corrected chi connectivity index (χ3v) is 5.55. The number of aromatic hydroxyl groups is 1. The summed E-state index contributed by atoms with van der Waals surface area (Å²) in [7, 11) is 0. The number of benzene rings is 1. The predicted octanol–water partition coefficient (Wildman–Crippen LogP) is 5.66. The topological polar surface area (TPSA) is 40.5 Å². The number of phenolic OH excluding ortho intramolecular Hbond substituents is 1. The van der Waals surface area contributed by atoms with Crippen LogP contribution in [0.3, 0.4) is 0 Å². The van der Waals surface area contributed by atoms with Gasteiger partial charge in [-0.2, -0.15) is 0 Å². The summed E-state index contributed by atoms with van der Waals surface area (Å²) in [4.78, 5) is 0. The average molecular weight is 319 g/mol. The van der Waals surface area contributed by atoms with E-state index in [-0.39, 0.29) is 11.5 Å². The van der Waals surface area contributed by atoms with Gasteiger partial charge in [-0.05, 0) is 54.2 Å². The van der Waals surface area contributed by atoms with E-state index >= 15 is 0 Å². The Labute approximate surface area is 141 Å². The highest BCUT2D eigenvalue weighted by atomic mass is 16.3. The van der Waals surface area contributed by atoms with E-state index in [1.807, 2.05) is 6.07 Å². The lowest BCUT2D eigenvalue weighted by Crippen LogP contribution is -2.19. The van der Waals surface area contributed by atoms with Gasteiger partial charge >= 0.3 is 0 Å². The van der Waals surface area contributed by atoms with Crippen molar-refractivity contribution in [1.29, 1.82) is 0 Å². The summed E-state index contributed by atoms with van der Waals surface area (Å²) in [6, 6.07) is 6.26. The SMILES string of the molecule is CCCCCCC(C)(C)c1ccc([C@@H]2CCC[C@H](O)C2)c(O)c1. The molecule has 0 amide bonds. The fraction of sp³-hybridized carbons (Fsp3) is 0.714. The maximum absolute atomic E-state index is 10.5. The molecule has 0 unspecified atom stereocenters. The predicted molar refractivity (Wildman–Crippen MR) is 97.1 cm³/mol. The van der Waals surface area contributed by atoms with E-state index in [0.29, 0.717) is 11.7 Å². The van der Waals surface area contributed by atoms with E-state index in [1.54, 1.807) is 0 Å². The van der Waals surface area contributed by atoms with Crippen LogP contribution < -0.4 is 0 Å². The van der Waals surface area contributed by atoms with Gasteiger partial charge in [-0.1, -0.05) is 65.0 Å². The van der Waals surface area contributed by atoms with E-state index in [2.05, 4.69) is 32.9 Å². The monoisotopic (exact) mass is 318 g/mol. The van der Waals surface area contributed by atoms with E-state index in [1.165, 1.54) is 31.2 Å². The minimum absolute atomic E-state index is 0.107. The van der Waals surface area contributed by atoms with E-state index in [0.717, 1.165) is 37.7 Å². The molecule has 1 fully saturated rings. The summed E-state index contributed by atoms with van der Waals surface area (Å²) in [5, 5.41) is 20.4. The van der Waals surface area contributed by atoms with Crippen LogP contribution in [0.5, 0.6) is 5.75 Å². The normalized spacial score (nSPS) is 22.3. The maximum Gasteiger partial charge on any atom is 0.119 e. The Morgan fingerprint density at radius 2 is 1.91 bits per heavy atom. The zero-order valence-electron chi connectivity index (χ0n) is 15.1. The highest BCUT2D eigenvalue weighted by molar-refractivity contribution is 5.41. The molecular weight excluding hydrogens is 284 g/mol. The Bertz CT molecular complexity index is 493. The molecule has 130 valence electrons. The molecule has 2 atom stereocenters. The molecule has 1 aromatic rings. The van der Waals surface area contributed by atoms with Crippen LogP contribution in [0.25, 0.3) is 0 Å². The van der Waals surface area contributed by atoms with Crippen LogP contribution in [0.1, 0.15) is 95.6 Å². The van der Waals surface area contributed by atoms with Crippen molar-refractivity contribution in [3.8, 4) is 5.75 Å². The molecule has 0 saturated heterocycles. The summed E-state index contributed by atoms with van der Waals surface area (Å²) in [6.45, 7) is 6.79. The first-order valence-corrected chi connectivity index (χ1v) is 9.45. The highest BCUT2D eigenvalue weighted by Crippen LogP contribution is 2.40. The Kier molecular flexibility index (Phi) is 6.52. The van der Waals surface area contributed by atoms with Crippen LogP contribution in [0.15, 0.2) is 18.2 Å². The smallest absolute Gasteiger partial charge is 0.119 e. The van der Waals surface area contributed by atoms with Crippen LogP contribution in [-0.4, -0.2) is 16.3 Å². The van der Waals surface area contributed by atoms with E-state index in [9.17, 15) is 10.2 Å². The van der Waals surface area contributed by atoms with Gasteiger partial charge in [0.2, 0.25) is 0 Å². The van der Waals surface area contributed by atoms with Crippen LogP contribution >= 0.6 is 0 Å². The molecule has 1 aliphatic rings. The first kappa shape index (κ1) is 18.3. The van der Waals surface area contributed by atoms with Crippen molar-refractivity contribution >= 4 is 0 Å². The molecule has 0 aromatic heterocycles. The fourth-order valence-corrected chi connectivity index (χ4v) is 3.89. The molecular formula is C21H34O2. The number of aliphatic hydroxyl groups is 1. The Balaban J connectivity index is 2.05. The van der Waals surface area contributed by atoms with Crippen molar-refractivity contribution in [3.63, 3.8) is 0 Å². The second-order valence-electron chi connectivity index (χ2n) is 7.99. The highest BCUT2D eigenvalue weighted by Gasteiger charge is 2.26. The second kappa shape index (κ2) is 8.19. The summed E-state index contributed by atoms with van der Waals surface area (Å²) in [5.74, 6) is 0.726. The molecule has 2 heteroatoms. The third kappa shape index (κ3) is 4.97. The van der Waals surface area contributed by atoms with Gasteiger partial charge in [-0.3, -0.25) is 0 Å². The van der Waals surface area contributed by atoms with Crippen LogP contribution in [0.2, 0.25) is 0 Å². The van der Waals surface area contributed by atoms with Gasteiger partial charge in [0.05, 0.1) is 6.10 Å². The largest absolute Gasteiger partial charge is 0.508 e. The third-order valence-electron chi connectivity index (χ3n) is 5.55. The number of rotatable bonds is 7. The summed E-state index contributed by atoms with van der Waals surface area (Å²) in [6.07, 6.45) is 9.89. The summed E-state index contributed by atoms with van der Waals surface area (Å²) >= 11 is 0. The number of aliphatic hydroxyl groups excluding tert-OH is 1. The lowest BCUT2D eigenvalue weighted by Gasteiger charge is -2.29. The van der Waals surface area contributed by atoms with Crippen molar-refractivity contribution in [3.05, 3.63) is 29.3 Å².